The Morgan fingerprint density at radius 3 is 2.26 bits per heavy atom. The van der Waals surface area contributed by atoms with Gasteiger partial charge in [0.15, 0.2) is 0 Å². The van der Waals surface area contributed by atoms with Crippen LogP contribution in [-0.2, 0) is 28.8 Å². The molecule has 1 aliphatic rings. The molecule has 1 fully saturated rings. The molecular formula is C18H29N5O8. The normalized spacial score (nSPS) is 18.5. The third-order valence-corrected chi connectivity index (χ3v) is 4.87. The number of amides is 4. The third kappa shape index (κ3) is 8.20. The molecule has 174 valence electrons. The van der Waals surface area contributed by atoms with Crippen molar-refractivity contribution in [3.8, 4) is 0 Å². The number of nitrogens with two attached hydrogens (primary N) is 2. The second-order valence-electron chi connectivity index (χ2n) is 7.36. The first kappa shape index (κ1) is 25.8. The summed E-state index contributed by atoms with van der Waals surface area (Å²) in [6, 6.07) is -4.47. The van der Waals surface area contributed by atoms with Crippen molar-refractivity contribution in [3.63, 3.8) is 0 Å². The molecule has 0 aromatic heterocycles. The number of carbonyl (C=O) groups excluding carboxylic acids is 4. The third-order valence-electron chi connectivity index (χ3n) is 4.87. The molecule has 1 heterocycles. The van der Waals surface area contributed by atoms with Gasteiger partial charge in [0.25, 0.3) is 0 Å². The minimum absolute atomic E-state index is 0.137. The maximum Gasteiger partial charge on any atom is 0.325 e. The number of primary amides is 1. The van der Waals surface area contributed by atoms with Crippen LogP contribution in [0, 0.1) is 0 Å². The molecule has 0 aromatic rings. The first-order valence-electron chi connectivity index (χ1n) is 9.83. The van der Waals surface area contributed by atoms with Gasteiger partial charge in [0.2, 0.25) is 23.6 Å². The van der Waals surface area contributed by atoms with E-state index in [0.29, 0.717) is 12.8 Å². The van der Waals surface area contributed by atoms with Gasteiger partial charge in [0, 0.05) is 19.4 Å². The molecule has 4 unspecified atom stereocenters. The molecule has 0 aromatic carbocycles. The predicted molar refractivity (Wildman–Crippen MR) is 105 cm³/mol. The summed E-state index contributed by atoms with van der Waals surface area (Å²) < 4.78 is 0. The fourth-order valence-corrected chi connectivity index (χ4v) is 3.11. The lowest BCUT2D eigenvalue weighted by atomic mass is 10.1. The highest BCUT2D eigenvalue weighted by molar-refractivity contribution is 5.94. The van der Waals surface area contributed by atoms with Crippen LogP contribution in [0.2, 0.25) is 0 Å². The van der Waals surface area contributed by atoms with E-state index < -0.39 is 59.7 Å². The number of hydrogen-bond donors (Lipinski definition) is 6. The van der Waals surface area contributed by atoms with Gasteiger partial charge in [0.1, 0.15) is 18.1 Å². The summed E-state index contributed by atoms with van der Waals surface area (Å²) in [4.78, 5) is 71.8. The number of carbonyl (C=O) groups is 6. The Bertz CT molecular complexity index is 728. The summed E-state index contributed by atoms with van der Waals surface area (Å²) in [6.07, 6.45) is -0.0630. The average molecular weight is 443 g/mol. The van der Waals surface area contributed by atoms with Crippen molar-refractivity contribution in [2.24, 2.45) is 11.5 Å². The van der Waals surface area contributed by atoms with E-state index in [2.05, 4.69) is 10.6 Å². The number of hydrogen-bond acceptors (Lipinski definition) is 7. The molecular weight excluding hydrogens is 414 g/mol. The van der Waals surface area contributed by atoms with E-state index in [-0.39, 0.29) is 32.2 Å². The highest BCUT2D eigenvalue weighted by atomic mass is 16.4. The van der Waals surface area contributed by atoms with E-state index in [9.17, 15) is 28.8 Å². The van der Waals surface area contributed by atoms with Crippen LogP contribution in [-0.4, -0.2) is 81.4 Å². The fourth-order valence-electron chi connectivity index (χ4n) is 3.11. The van der Waals surface area contributed by atoms with Crippen LogP contribution >= 0.6 is 0 Å². The van der Waals surface area contributed by atoms with Crippen LogP contribution in [0.1, 0.15) is 45.4 Å². The fraction of sp³-hybridized carbons (Fsp3) is 0.667. The monoisotopic (exact) mass is 443 g/mol. The molecule has 31 heavy (non-hydrogen) atoms. The van der Waals surface area contributed by atoms with Crippen molar-refractivity contribution >= 4 is 35.6 Å². The van der Waals surface area contributed by atoms with E-state index in [4.69, 9.17) is 21.7 Å². The zero-order chi connectivity index (χ0) is 23.7. The Labute approximate surface area is 178 Å². The van der Waals surface area contributed by atoms with Crippen molar-refractivity contribution in [1.82, 2.24) is 15.5 Å². The molecule has 0 bridgehead atoms. The molecule has 1 rings (SSSR count). The lowest BCUT2D eigenvalue weighted by molar-refractivity contribution is -0.144. The largest absolute Gasteiger partial charge is 0.481 e. The summed E-state index contributed by atoms with van der Waals surface area (Å²) in [6.45, 7) is 1.49. The van der Waals surface area contributed by atoms with Gasteiger partial charge in [-0.05, 0) is 32.6 Å². The first-order chi connectivity index (χ1) is 14.4. The quantitative estimate of drug-likeness (QED) is 0.187. The highest BCUT2D eigenvalue weighted by Crippen LogP contribution is 2.20. The number of nitrogens with one attached hydrogen (secondary N) is 2. The van der Waals surface area contributed by atoms with Gasteiger partial charge in [-0.25, -0.2) is 0 Å². The number of rotatable bonds is 12. The summed E-state index contributed by atoms with van der Waals surface area (Å²) >= 11 is 0. The molecule has 8 N–H and O–H groups in total. The number of carboxylic acids is 2. The van der Waals surface area contributed by atoms with E-state index in [0.717, 1.165) is 0 Å². The minimum atomic E-state index is -1.23. The molecule has 0 saturated carbocycles. The standard InChI is InChI=1S/C18H29N5O8/c1-9(18(30)31)21-16(28)12-3-2-8-23(12)17(29)11(5-6-13(20)24)22-15(27)10(19)4-7-14(25)26/h9-12H,2-8,19H2,1H3,(H2,20,24)(H,21,28)(H,22,27)(H,25,26)(H,30,31). The van der Waals surface area contributed by atoms with Crippen molar-refractivity contribution < 1.29 is 39.0 Å². The second-order valence-corrected chi connectivity index (χ2v) is 7.36. The number of nitrogens with zero attached hydrogens (tertiary/aromatic N) is 1. The molecule has 4 amide bonds. The average Bonchev–Trinajstić information content (AvgIpc) is 3.18. The highest BCUT2D eigenvalue weighted by Gasteiger charge is 2.38. The molecule has 13 heteroatoms. The smallest absolute Gasteiger partial charge is 0.325 e. The van der Waals surface area contributed by atoms with Gasteiger partial charge in [-0.3, -0.25) is 28.8 Å². The molecule has 4 atom stereocenters. The zero-order valence-corrected chi connectivity index (χ0v) is 17.2. The molecule has 13 nitrogen and oxygen atoms in total. The predicted octanol–water partition coefficient (Wildman–Crippen LogP) is -2.49. The Kier molecular flexibility index (Phi) is 9.86. The summed E-state index contributed by atoms with van der Waals surface area (Å²) in [5.74, 6) is -5.12. The number of aliphatic carboxylic acids is 2. The number of carboxylic acid groups (broad SMARTS) is 2. The molecule has 0 radical (unpaired) electrons. The molecule has 1 aliphatic heterocycles. The maximum absolute atomic E-state index is 13.0. The summed E-state index contributed by atoms with van der Waals surface area (Å²) in [7, 11) is 0. The van der Waals surface area contributed by atoms with Crippen LogP contribution in [0.3, 0.4) is 0 Å². The SMILES string of the molecule is CC(NC(=O)C1CCCN1C(=O)C(CCC(N)=O)NC(=O)C(N)CCC(=O)O)C(=O)O. The Balaban J connectivity index is 2.91. The minimum Gasteiger partial charge on any atom is -0.481 e. The van der Waals surface area contributed by atoms with Crippen molar-refractivity contribution in [2.45, 2.75) is 69.6 Å². The zero-order valence-electron chi connectivity index (χ0n) is 17.2. The van der Waals surface area contributed by atoms with Gasteiger partial charge in [-0.15, -0.1) is 0 Å². The van der Waals surface area contributed by atoms with Gasteiger partial charge in [-0.1, -0.05) is 0 Å². The van der Waals surface area contributed by atoms with E-state index in [1.54, 1.807) is 0 Å². The van der Waals surface area contributed by atoms with Crippen molar-refractivity contribution in [2.75, 3.05) is 6.54 Å². The van der Waals surface area contributed by atoms with Gasteiger partial charge in [0.05, 0.1) is 6.04 Å². The maximum atomic E-state index is 13.0. The molecule has 1 saturated heterocycles. The van der Waals surface area contributed by atoms with E-state index >= 15 is 0 Å². The van der Waals surface area contributed by atoms with E-state index in [1.807, 2.05) is 0 Å². The Morgan fingerprint density at radius 1 is 1.06 bits per heavy atom. The molecule has 0 spiro atoms. The van der Waals surface area contributed by atoms with Gasteiger partial charge >= 0.3 is 11.9 Å². The lowest BCUT2D eigenvalue weighted by Gasteiger charge is -2.29. The van der Waals surface area contributed by atoms with Crippen LogP contribution in [0.15, 0.2) is 0 Å². The Morgan fingerprint density at radius 2 is 1.71 bits per heavy atom. The van der Waals surface area contributed by atoms with Crippen molar-refractivity contribution in [3.05, 3.63) is 0 Å². The summed E-state index contributed by atoms with van der Waals surface area (Å²) in [5, 5.41) is 22.4. The Hall–Kier alpha value is -3.22. The van der Waals surface area contributed by atoms with Crippen LogP contribution < -0.4 is 22.1 Å². The lowest BCUT2D eigenvalue weighted by Crippen LogP contribution is -2.56. The van der Waals surface area contributed by atoms with Crippen molar-refractivity contribution in [1.29, 1.82) is 0 Å². The van der Waals surface area contributed by atoms with Gasteiger partial charge in [-0.2, -0.15) is 0 Å². The van der Waals surface area contributed by atoms with Crippen LogP contribution in [0.25, 0.3) is 0 Å². The summed E-state index contributed by atoms with van der Waals surface area (Å²) in [5.41, 5.74) is 10.8. The van der Waals surface area contributed by atoms with Crippen LogP contribution in [0.4, 0.5) is 0 Å². The second kappa shape index (κ2) is 11.8. The van der Waals surface area contributed by atoms with Crippen LogP contribution in [0.5, 0.6) is 0 Å². The molecule has 0 aliphatic carbocycles. The number of likely N-dealkylation sites (tertiary alicyclic amines) is 1. The van der Waals surface area contributed by atoms with E-state index in [1.165, 1.54) is 11.8 Å². The first-order valence-corrected chi connectivity index (χ1v) is 9.83. The van der Waals surface area contributed by atoms with Gasteiger partial charge < -0.3 is 37.2 Å². The topological polar surface area (TPSA) is 222 Å².